The van der Waals surface area contributed by atoms with Gasteiger partial charge < -0.3 is 5.32 Å². The quantitative estimate of drug-likeness (QED) is 0.648. The Kier molecular flexibility index (Phi) is 4.08. The minimum Gasteiger partial charge on any atom is -0.323 e. The van der Waals surface area contributed by atoms with E-state index in [1.807, 2.05) is 0 Å². The Morgan fingerprint density at radius 2 is 1.68 bits per heavy atom. The summed E-state index contributed by atoms with van der Waals surface area (Å²) in [5.41, 5.74) is 0.398. The molecule has 1 N–H and O–H groups in total. The number of imide groups is 1. The number of carbonyl (C=O) groups is 3. The molecule has 3 aliphatic carbocycles. The number of hydrogen-bond donors (Lipinski definition) is 1. The van der Waals surface area contributed by atoms with Crippen LogP contribution in [0.2, 0.25) is 10.0 Å². The Balaban J connectivity index is 1.48. The summed E-state index contributed by atoms with van der Waals surface area (Å²) >= 11 is 11.9. The molecule has 1 heterocycles. The number of likely N-dealkylation sites (tertiary alicyclic amines) is 1. The van der Waals surface area contributed by atoms with Crippen molar-refractivity contribution >= 4 is 46.6 Å². The second-order valence-electron chi connectivity index (χ2n) is 6.78. The van der Waals surface area contributed by atoms with Gasteiger partial charge in [-0.25, -0.2) is 0 Å². The summed E-state index contributed by atoms with van der Waals surface area (Å²) in [7, 11) is 0. The third kappa shape index (κ3) is 2.75. The minimum atomic E-state index is -0.454. The monoisotopic (exact) mass is 378 g/mol. The molecule has 4 atom stereocenters. The molecule has 2 bridgehead atoms. The smallest absolute Gasteiger partial charge is 0.244 e. The van der Waals surface area contributed by atoms with Crippen LogP contribution in [0.15, 0.2) is 30.4 Å². The van der Waals surface area contributed by atoms with Gasteiger partial charge in [0.25, 0.3) is 0 Å². The van der Waals surface area contributed by atoms with E-state index in [-0.39, 0.29) is 42.0 Å². The van der Waals surface area contributed by atoms with Gasteiger partial charge in [-0.05, 0) is 42.9 Å². The number of fused-ring (bicyclic) bond motifs is 1. The van der Waals surface area contributed by atoms with Gasteiger partial charge in [-0.3, -0.25) is 19.3 Å². The maximum absolute atomic E-state index is 12.7. The fourth-order valence-electron chi connectivity index (χ4n) is 4.22. The zero-order valence-electron chi connectivity index (χ0n) is 13.2. The van der Waals surface area contributed by atoms with Gasteiger partial charge in [-0.2, -0.15) is 0 Å². The predicted octanol–water partition coefficient (Wildman–Crippen LogP) is 3.13. The highest BCUT2D eigenvalue weighted by Gasteiger charge is 2.56. The Morgan fingerprint density at radius 3 is 2.20 bits per heavy atom. The zero-order valence-corrected chi connectivity index (χ0v) is 14.8. The van der Waals surface area contributed by atoms with Gasteiger partial charge in [0.2, 0.25) is 17.7 Å². The third-order valence-corrected chi connectivity index (χ3v) is 5.91. The molecule has 4 aliphatic rings. The van der Waals surface area contributed by atoms with Crippen LogP contribution >= 0.6 is 23.2 Å². The van der Waals surface area contributed by atoms with Crippen molar-refractivity contribution < 1.29 is 14.4 Å². The van der Waals surface area contributed by atoms with Crippen LogP contribution in [-0.2, 0) is 14.4 Å². The topological polar surface area (TPSA) is 66.5 Å². The average molecular weight is 379 g/mol. The van der Waals surface area contributed by atoms with Crippen molar-refractivity contribution in [3.8, 4) is 0 Å². The van der Waals surface area contributed by atoms with E-state index in [0.29, 0.717) is 15.7 Å². The lowest BCUT2D eigenvalue weighted by Crippen LogP contribution is -2.38. The fourth-order valence-corrected chi connectivity index (χ4v) is 4.67. The Labute approximate surface area is 155 Å². The van der Waals surface area contributed by atoms with Crippen molar-refractivity contribution in [1.82, 2.24) is 4.90 Å². The molecule has 1 saturated carbocycles. The van der Waals surface area contributed by atoms with Gasteiger partial charge >= 0.3 is 0 Å². The van der Waals surface area contributed by atoms with E-state index in [1.165, 1.54) is 6.07 Å². The Morgan fingerprint density at radius 1 is 1.08 bits per heavy atom. The van der Waals surface area contributed by atoms with Crippen molar-refractivity contribution in [1.29, 1.82) is 0 Å². The summed E-state index contributed by atoms with van der Waals surface area (Å²) in [5.74, 6) is -1.29. The standard InChI is InChI=1S/C18H16Cl2N2O3/c19-11-5-6-13(12(20)7-11)21-14(23)8-22-17(24)15-9-1-2-10(4-3-9)16(15)18(22)25/h1-2,5-7,9-10,15-16H,3-4,8H2,(H,21,23)/t9-,10-,15-,16-/m0/s1. The van der Waals surface area contributed by atoms with E-state index in [4.69, 9.17) is 23.2 Å². The van der Waals surface area contributed by atoms with Crippen molar-refractivity contribution in [3.05, 3.63) is 40.4 Å². The van der Waals surface area contributed by atoms with Crippen molar-refractivity contribution in [2.24, 2.45) is 23.7 Å². The second kappa shape index (κ2) is 6.15. The maximum Gasteiger partial charge on any atom is 0.244 e. The van der Waals surface area contributed by atoms with E-state index in [1.54, 1.807) is 12.1 Å². The number of amides is 3. The normalized spacial score (nSPS) is 29.9. The average Bonchev–Trinajstić information content (AvgIpc) is 2.85. The SMILES string of the molecule is O=C(CN1C(=O)[C@@H]2[C@@H](C1=O)[C@H]1C=C[C@H]2CC1)Nc1ccc(Cl)cc1Cl. The molecule has 2 fully saturated rings. The number of nitrogens with one attached hydrogen (secondary N) is 1. The van der Waals surface area contributed by atoms with Crippen molar-refractivity contribution in [3.63, 3.8) is 0 Å². The van der Waals surface area contributed by atoms with E-state index < -0.39 is 5.91 Å². The Hall–Kier alpha value is -1.85. The van der Waals surface area contributed by atoms with Gasteiger partial charge in [0, 0.05) is 5.02 Å². The van der Waals surface area contributed by atoms with Crippen LogP contribution < -0.4 is 5.32 Å². The lowest BCUT2D eigenvalue weighted by atomic mass is 9.63. The number of rotatable bonds is 3. The van der Waals surface area contributed by atoms with Crippen molar-refractivity contribution in [2.45, 2.75) is 12.8 Å². The lowest BCUT2D eigenvalue weighted by Gasteiger charge is -2.38. The summed E-state index contributed by atoms with van der Waals surface area (Å²) in [6.45, 7) is -0.289. The second-order valence-corrected chi connectivity index (χ2v) is 7.62. The summed E-state index contributed by atoms with van der Waals surface area (Å²) in [4.78, 5) is 38.8. The molecule has 7 heteroatoms. The first-order valence-corrected chi connectivity index (χ1v) is 9.00. The van der Waals surface area contributed by atoms with Crippen molar-refractivity contribution in [2.75, 3.05) is 11.9 Å². The molecule has 0 aromatic heterocycles. The molecular formula is C18H16Cl2N2O3. The first kappa shape index (κ1) is 16.6. The number of nitrogens with zero attached hydrogens (tertiary/aromatic N) is 1. The molecule has 1 saturated heterocycles. The van der Waals surface area contributed by atoms with E-state index >= 15 is 0 Å². The van der Waals surface area contributed by atoms with Gasteiger partial charge in [0.15, 0.2) is 0 Å². The van der Waals surface area contributed by atoms with Crippen LogP contribution in [0.5, 0.6) is 0 Å². The largest absolute Gasteiger partial charge is 0.323 e. The van der Waals surface area contributed by atoms with E-state index in [0.717, 1.165) is 17.7 Å². The molecule has 0 spiro atoms. The van der Waals surface area contributed by atoms with Crippen LogP contribution in [0.25, 0.3) is 0 Å². The molecular weight excluding hydrogens is 363 g/mol. The highest BCUT2D eigenvalue weighted by molar-refractivity contribution is 6.36. The number of allylic oxidation sites excluding steroid dienone is 2. The number of halogens is 2. The molecule has 25 heavy (non-hydrogen) atoms. The molecule has 1 aliphatic heterocycles. The highest BCUT2D eigenvalue weighted by Crippen LogP contribution is 2.49. The number of anilines is 1. The van der Waals surface area contributed by atoms with Gasteiger partial charge in [0.1, 0.15) is 6.54 Å². The first-order valence-electron chi connectivity index (χ1n) is 8.24. The third-order valence-electron chi connectivity index (χ3n) is 5.36. The highest BCUT2D eigenvalue weighted by atomic mass is 35.5. The number of carbonyl (C=O) groups excluding carboxylic acids is 3. The molecule has 5 nitrogen and oxygen atoms in total. The molecule has 1 aromatic carbocycles. The van der Waals surface area contributed by atoms with E-state index in [2.05, 4.69) is 17.5 Å². The molecule has 0 unspecified atom stereocenters. The summed E-state index contributed by atoms with van der Waals surface area (Å²) in [6.07, 6.45) is 5.97. The molecule has 1 aromatic rings. The number of hydrogen-bond acceptors (Lipinski definition) is 3. The summed E-state index contributed by atoms with van der Waals surface area (Å²) < 4.78 is 0. The number of benzene rings is 1. The molecule has 0 radical (unpaired) electrons. The first-order chi connectivity index (χ1) is 12.0. The van der Waals surface area contributed by atoms with Crippen LogP contribution in [0, 0.1) is 23.7 Å². The van der Waals surface area contributed by atoms with Crippen LogP contribution in [-0.4, -0.2) is 29.2 Å². The van der Waals surface area contributed by atoms with Gasteiger partial charge in [-0.1, -0.05) is 35.4 Å². The van der Waals surface area contributed by atoms with Crippen LogP contribution in [0.3, 0.4) is 0 Å². The summed E-state index contributed by atoms with van der Waals surface area (Å²) in [6, 6.07) is 4.70. The molecule has 5 rings (SSSR count). The van der Waals surface area contributed by atoms with Gasteiger partial charge in [0.05, 0.1) is 22.5 Å². The van der Waals surface area contributed by atoms with Crippen LogP contribution in [0.1, 0.15) is 12.8 Å². The van der Waals surface area contributed by atoms with E-state index in [9.17, 15) is 14.4 Å². The maximum atomic E-state index is 12.7. The minimum absolute atomic E-state index is 0.116. The molecule has 3 amide bonds. The van der Waals surface area contributed by atoms with Crippen LogP contribution in [0.4, 0.5) is 5.69 Å². The Bertz CT molecular complexity index is 776. The molecule has 130 valence electrons. The fraction of sp³-hybridized carbons (Fsp3) is 0.389. The predicted molar refractivity (Wildman–Crippen MR) is 94.1 cm³/mol. The lowest BCUT2D eigenvalue weighted by molar-refractivity contribution is -0.142. The van der Waals surface area contributed by atoms with Gasteiger partial charge in [-0.15, -0.1) is 0 Å². The summed E-state index contributed by atoms with van der Waals surface area (Å²) in [5, 5.41) is 3.39. The zero-order chi connectivity index (χ0) is 17.7.